The van der Waals surface area contributed by atoms with Crippen LogP contribution in [0.1, 0.15) is 23.1 Å². The van der Waals surface area contributed by atoms with E-state index in [9.17, 15) is 0 Å². The minimum absolute atomic E-state index is 0.267. The van der Waals surface area contributed by atoms with Crippen LogP contribution in [0.3, 0.4) is 0 Å². The molecule has 3 N–H and O–H groups in total. The monoisotopic (exact) mass is 220 g/mol. The Bertz CT molecular complexity index is 339. The number of aliphatic hydroxyl groups excluding tert-OH is 1. The lowest BCUT2D eigenvalue weighted by Gasteiger charge is -2.18. The first-order valence-electron chi connectivity index (χ1n) is 6.03. The van der Waals surface area contributed by atoms with Crippen molar-refractivity contribution in [3.63, 3.8) is 0 Å². The summed E-state index contributed by atoms with van der Waals surface area (Å²) in [6, 6.07) is 6.73. The molecule has 0 fully saturated rings. The van der Waals surface area contributed by atoms with Crippen LogP contribution in [-0.2, 0) is 19.5 Å². The van der Waals surface area contributed by atoms with Crippen molar-refractivity contribution >= 4 is 0 Å². The second kappa shape index (κ2) is 5.99. The van der Waals surface area contributed by atoms with Crippen molar-refractivity contribution in [3.05, 3.63) is 34.9 Å². The number of nitrogens with one attached hydrogen (secondary N) is 2. The molecule has 0 saturated carbocycles. The summed E-state index contributed by atoms with van der Waals surface area (Å²) in [6.45, 7) is 4.15. The van der Waals surface area contributed by atoms with Crippen molar-refractivity contribution < 1.29 is 5.11 Å². The van der Waals surface area contributed by atoms with Crippen LogP contribution in [0, 0.1) is 0 Å². The van der Waals surface area contributed by atoms with Gasteiger partial charge in [0.2, 0.25) is 0 Å². The van der Waals surface area contributed by atoms with Gasteiger partial charge in [-0.3, -0.25) is 0 Å². The summed E-state index contributed by atoms with van der Waals surface area (Å²) in [4.78, 5) is 0. The van der Waals surface area contributed by atoms with Crippen LogP contribution < -0.4 is 10.6 Å². The molecule has 1 heterocycles. The summed E-state index contributed by atoms with van der Waals surface area (Å²) in [5, 5.41) is 15.4. The molecule has 0 aliphatic carbocycles. The normalized spacial score (nSPS) is 14.8. The Morgan fingerprint density at radius 3 is 3.12 bits per heavy atom. The van der Waals surface area contributed by atoms with Gasteiger partial charge in [0.05, 0.1) is 0 Å². The summed E-state index contributed by atoms with van der Waals surface area (Å²) in [7, 11) is 0. The van der Waals surface area contributed by atoms with Gasteiger partial charge in [-0.25, -0.2) is 0 Å². The van der Waals surface area contributed by atoms with Crippen LogP contribution in [-0.4, -0.2) is 24.8 Å². The first-order chi connectivity index (χ1) is 7.90. The van der Waals surface area contributed by atoms with Crippen LogP contribution in [0.5, 0.6) is 0 Å². The van der Waals surface area contributed by atoms with Gasteiger partial charge < -0.3 is 15.7 Å². The third kappa shape index (κ3) is 3.04. The zero-order valence-electron chi connectivity index (χ0n) is 9.63. The van der Waals surface area contributed by atoms with Gasteiger partial charge in [-0.15, -0.1) is 0 Å². The van der Waals surface area contributed by atoms with Crippen LogP contribution in [0.4, 0.5) is 0 Å². The van der Waals surface area contributed by atoms with Crippen molar-refractivity contribution in [1.29, 1.82) is 0 Å². The van der Waals surface area contributed by atoms with Crippen molar-refractivity contribution in [2.75, 3.05) is 19.7 Å². The largest absolute Gasteiger partial charge is 0.396 e. The van der Waals surface area contributed by atoms with E-state index in [2.05, 4.69) is 28.8 Å². The molecule has 88 valence electrons. The van der Waals surface area contributed by atoms with Crippen LogP contribution in [0.2, 0.25) is 0 Å². The Morgan fingerprint density at radius 2 is 2.25 bits per heavy atom. The molecule has 0 unspecified atom stereocenters. The molecule has 3 heteroatoms. The van der Waals surface area contributed by atoms with E-state index in [-0.39, 0.29) is 6.61 Å². The molecular formula is C13H20N2O. The highest BCUT2D eigenvalue weighted by Gasteiger charge is 2.08. The fourth-order valence-electron chi connectivity index (χ4n) is 2.08. The summed E-state index contributed by atoms with van der Waals surface area (Å²) in [5.74, 6) is 0. The molecule has 16 heavy (non-hydrogen) atoms. The SMILES string of the molecule is OCCCNCc1ccc2c(c1)CCNC2. The summed E-state index contributed by atoms with van der Waals surface area (Å²) >= 11 is 0. The maximum absolute atomic E-state index is 8.67. The molecule has 2 rings (SSSR count). The van der Waals surface area contributed by atoms with Gasteiger partial charge >= 0.3 is 0 Å². The molecule has 1 aliphatic heterocycles. The molecule has 0 bridgehead atoms. The van der Waals surface area contributed by atoms with Crippen molar-refractivity contribution in [2.24, 2.45) is 0 Å². The van der Waals surface area contributed by atoms with Gasteiger partial charge in [-0.05, 0) is 42.6 Å². The predicted molar refractivity (Wildman–Crippen MR) is 65.3 cm³/mol. The van der Waals surface area contributed by atoms with Gasteiger partial charge in [-0.1, -0.05) is 18.2 Å². The number of benzene rings is 1. The molecule has 0 radical (unpaired) electrons. The maximum Gasteiger partial charge on any atom is 0.0443 e. The Kier molecular flexibility index (Phi) is 4.34. The molecule has 0 saturated heterocycles. The molecule has 0 amide bonds. The standard InChI is InChI=1S/C13H20N2O/c16-7-1-5-14-9-11-2-3-13-10-15-6-4-12(13)8-11/h2-3,8,14-16H,1,4-7,9-10H2. The third-order valence-corrected chi connectivity index (χ3v) is 3.00. The zero-order chi connectivity index (χ0) is 11.2. The van der Waals surface area contributed by atoms with Crippen molar-refractivity contribution in [2.45, 2.75) is 25.9 Å². The quantitative estimate of drug-likeness (QED) is 0.643. The van der Waals surface area contributed by atoms with Gasteiger partial charge in [0, 0.05) is 19.7 Å². The molecule has 1 aliphatic rings. The lowest BCUT2D eigenvalue weighted by Crippen LogP contribution is -2.24. The zero-order valence-corrected chi connectivity index (χ0v) is 9.63. The van der Waals surface area contributed by atoms with E-state index in [0.717, 1.165) is 39.0 Å². The molecule has 1 aromatic rings. The predicted octanol–water partition coefficient (Wildman–Crippen LogP) is 0.804. The number of aliphatic hydroxyl groups is 1. The highest BCUT2D eigenvalue weighted by Crippen LogP contribution is 2.15. The number of rotatable bonds is 5. The van der Waals surface area contributed by atoms with Crippen LogP contribution in [0.15, 0.2) is 18.2 Å². The number of hydrogen-bond donors (Lipinski definition) is 3. The fourth-order valence-corrected chi connectivity index (χ4v) is 2.08. The molecule has 0 atom stereocenters. The van der Waals surface area contributed by atoms with Gasteiger partial charge in [0.15, 0.2) is 0 Å². The van der Waals surface area contributed by atoms with Gasteiger partial charge in [0.1, 0.15) is 0 Å². The van der Waals surface area contributed by atoms with Crippen molar-refractivity contribution in [3.8, 4) is 0 Å². The minimum atomic E-state index is 0.267. The van der Waals surface area contributed by atoms with Crippen molar-refractivity contribution in [1.82, 2.24) is 10.6 Å². The van der Waals surface area contributed by atoms with E-state index in [4.69, 9.17) is 5.11 Å². The van der Waals surface area contributed by atoms with E-state index < -0.39 is 0 Å². The van der Waals surface area contributed by atoms with Gasteiger partial charge in [-0.2, -0.15) is 0 Å². The number of fused-ring (bicyclic) bond motifs is 1. The average molecular weight is 220 g/mol. The second-order valence-corrected chi connectivity index (χ2v) is 4.28. The van der Waals surface area contributed by atoms with Crippen LogP contribution in [0.25, 0.3) is 0 Å². The summed E-state index contributed by atoms with van der Waals surface area (Å²) in [6.07, 6.45) is 1.97. The smallest absolute Gasteiger partial charge is 0.0443 e. The summed E-state index contributed by atoms with van der Waals surface area (Å²) < 4.78 is 0. The fraction of sp³-hybridized carbons (Fsp3) is 0.538. The van der Waals surface area contributed by atoms with E-state index >= 15 is 0 Å². The first kappa shape index (κ1) is 11.6. The Hall–Kier alpha value is -0.900. The van der Waals surface area contributed by atoms with Crippen LogP contribution >= 0.6 is 0 Å². The minimum Gasteiger partial charge on any atom is -0.396 e. The molecular weight excluding hydrogens is 200 g/mol. The van der Waals surface area contributed by atoms with E-state index in [1.54, 1.807) is 0 Å². The van der Waals surface area contributed by atoms with E-state index in [0.29, 0.717) is 0 Å². The Labute approximate surface area is 96.9 Å². The molecule has 3 nitrogen and oxygen atoms in total. The Balaban J connectivity index is 1.90. The lowest BCUT2D eigenvalue weighted by atomic mass is 9.98. The average Bonchev–Trinajstić information content (AvgIpc) is 2.34. The molecule has 0 spiro atoms. The maximum atomic E-state index is 8.67. The molecule has 0 aromatic heterocycles. The summed E-state index contributed by atoms with van der Waals surface area (Å²) in [5.41, 5.74) is 4.27. The number of hydrogen-bond acceptors (Lipinski definition) is 3. The van der Waals surface area contributed by atoms with Gasteiger partial charge in [0.25, 0.3) is 0 Å². The second-order valence-electron chi connectivity index (χ2n) is 4.28. The van der Waals surface area contributed by atoms with E-state index in [1.807, 2.05) is 0 Å². The highest BCUT2D eigenvalue weighted by atomic mass is 16.3. The topological polar surface area (TPSA) is 44.3 Å². The first-order valence-corrected chi connectivity index (χ1v) is 6.03. The molecule has 1 aromatic carbocycles. The van der Waals surface area contributed by atoms with E-state index in [1.165, 1.54) is 16.7 Å². The third-order valence-electron chi connectivity index (χ3n) is 3.00. The highest BCUT2D eigenvalue weighted by molar-refractivity contribution is 5.33. The lowest BCUT2D eigenvalue weighted by molar-refractivity contribution is 0.286. The Morgan fingerprint density at radius 1 is 1.31 bits per heavy atom.